The summed E-state index contributed by atoms with van der Waals surface area (Å²) in [5.41, 5.74) is 6.75. The molecule has 1 amide bonds. The van der Waals surface area contributed by atoms with Gasteiger partial charge >= 0.3 is 6.09 Å². The van der Waals surface area contributed by atoms with Gasteiger partial charge in [0.1, 0.15) is 11.9 Å². The first-order chi connectivity index (χ1) is 18.6. The lowest BCUT2D eigenvalue weighted by Gasteiger charge is -2.33. The number of aryl methyl sites for hydroxylation is 1. The smallest absolute Gasteiger partial charge is 0.410 e. The summed E-state index contributed by atoms with van der Waals surface area (Å²) in [5.74, 6) is 0.480. The Balaban J connectivity index is 1.41. The van der Waals surface area contributed by atoms with Gasteiger partial charge in [-0.3, -0.25) is 0 Å². The van der Waals surface area contributed by atoms with Gasteiger partial charge in [-0.2, -0.15) is 14.3 Å². The first-order valence-electron chi connectivity index (χ1n) is 13.4. The summed E-state index contributed by atoms with van der Waals surface area (Å²) >= 11 is 0.100. The molecule has 4 aromatic rings. The van der Waals surface area contributed by atoms with Gasteiger partial charge in [0.25, 0.3) is 0 Å². The molecule has 0 saturated carbocycles. The molecule has 3 aromatic heterocycles. The van der Waals surface area contributed by atoms with Crippen LogP contribution in [0.3, 0.4) is 0 Å². The summed E-state index contributed by atoms with van der Waals surface area (Å²) in [6, 6.07) is 10.4. The van der Waals surface area contributed by atoms with Crippen molar-refractivity contribution in [2.24, 2.45) is 0 Å². The SMILES string of the molecule is Cc1cc(-c2c(C(C)C)c(-c3ccc(C4CCN(C(=O)OC(C)(C)C)CC4)cc3)nn2SF)cn2ncnc12. The highest BCUT2D eigenvalue weighted by Crippen LogP contribution is 2.40. The normalized spacial score (nSPS) is 14.9. The van der Waals surface area contributed by atoms with Crippen LogP contribution in [0.2, 0.25) is 0 Å². The summed E-state index contributed by atoms with van der Waals surface area (Å²) in [4.78, 5) is 18.5. The van der Waals surface area contributed by atoms with Crippen LogP contribution < -0.4 is 0 Å². The van der Waals surface area contributed by atoms with E-state index < -0.39 is 5.60 Å². The molecule has 5 rings (SSSR count). The molecule has 10 heteroatoms. The summed E-state index contributed by atoms with van der Waals surface area (Å²) in [6.45, 7) is 13.2. The van der Waals surface area contributed by atoms with Gasteiger partial charge in [0.05, 0.1) is 11.4 Å². The van der Waals surface area contributed by atoms with Crippen LogP contribution in [0.15, 0.2) is 42.9 Å². The van der Waals surface area contributed by atoms with Gasteiger partial charge in [-0.15, -0.1) is 3.89 Å². The average molecular weight is 551 g/mol. The minimum absolute atomic E-state index is 0.100. The largest absolute Gasteiger partial charge is 0.444 e. The fourth-order valence-electron chi connectivity index (χ4n) is 5.34. The zero-order chi connectivity index (χ0) is 27.9. The average Bonchev–Trinajstić information content (AvgIpc) is 3.53. The molecule has 206 valence electrons. The number of pyridine rings is 1. The van der Waals surface area contributed by atoms with Crippen LogP contribution in [0.25, 0.3) is 28.2 Å². The minimum atomic E-state index is -0.492. The topological polar surface area (TPSA) is 77.6 Å². The molecule has 0 radical (unpaired) electrons. The fraction of sp³-hybridized carbons (Fsp3) is 0.448. The van der Waals surface area contributed by atoms with Crippen molar-refractivity contribution in [3.63, 3.8) is 0 Å². The fourth-order valence-corrected chi connectivity index (χ4v) is 5.73. The number of hydrogen-bond donors (Lipinski definition) is 0. The van der Waals surface area contributed by atoms with E-state index in [0.29, 0.717) is 19.0 Å². The third kappa shape index (κ3) is 5.52. The van der Waals surface area contributed by atoms with Gasteiger partial charge in [0, 0.05) is 36.0 Å². The van der Waals surface area contributed by atoms with Crippen molar-refractivity contribution in [3.8, 4) is 22.5 Å². The number of piperidine rings is 1. The van der Waals surface area contributed by atoms with Crippen molar-refractivity contribution in [2.45, 2.75) is 71.8 Å². The maximum absolute atomic E-state index is 14.2. The second kappa shape index (κ2) is 10.6. The number of hydrogen-bond acceptors (Lipinski definition) is 6. The molecular weight excluding hydrogens is 515 g/mol. The Morgan fingerprint density at radius 2 is 1.82 bits per heavy atom. The van der Waals surface area contributed by atoms with Crippen LogP contribution in [0.5, 0.6) is 0 Å². The molecule has 1 fully saturated rings. The molecule has 1 aliphatic rings. The predicted molar refractivity (Wildman–Crippen MR) is 152 cm³/mol. The summed E-state index contributed by atoms with van der Waals surface area (Å²) in [5, 5.41) is 8.99. The Morgan fingerprint density at radius 3 is 2.44 bits per heavy atom. The quantitative estimate of drug-likeness (QED) is 0.262. The van der Waals surface area contributed by atoms with Gasteiger partial charge in [-0.05, 0) is 69.6 Å². The van der Waals surface area contributed by atoms with Gasteiger partial charge < -0.3 is 9.64 Å². The highest BCUT2D eigenvalue weighted by molar-refractivity contribution is 7.92. The van der Waals surface area contributed by atoms with E-state index in [1.165, 1.54) is 16.0 Å². The lowest BCUT2D eigenvalue weighted by Crippen LogP contribution is -2.41. The number of amides is 1. The zero-order valence-corrected chi connectivity index (χ0v) is 24.1. The molecule has 0 atom stereocenters. The van der Waals surface area contributed by atoms with Crippen LogP contribution in [-0.2, 0) is 4.74 Å². The van der Waals surface area contributed by atoms with Gasteiger partial charge in [0.15, 0.2) is 18.0 Å². The number of benzene rings is 1. The molecule has 0 unspecified atom stereocenters. The summed E-state index contributed by atoms with van der Waals surface area (Å²) < 4.78 is 22.8. The van der Waals surface area contributed by atoms with Crippen LogP contribution in [0, 0.1) is 6.92 Å². The highest BCUT2D eigenvalue weighted by Gasteiger charge is 2.28. The highest BCUT2D eigenvalue weighted by atomic mass is 32.2. The number of carbonyl (C=O) groups is 1. The van der Waals surface area contributed by atoms with E-state index in [2.05, 4.69) is 48.2 Å². The van der Waals surface area contributed by atoms with E-state index in [9.17, 15) is 8.68 Å². The van der Waals surface area contributed by atoms with Crippen molar-refractivity contribution in [3.05, 3.63) is 59.5 Å². The molecule has 1 aromatic carbocycles. The first kappa shape index (κ1) is 27.2. The van der Waals surface area contributed by atoms with Crippen LogP contribution in [-0.4, -0.2) is 53.5 Å². The molecule has 0 spiro atoms. The predicted octanol–water partition coefficient (Wildman–Crippen LogP) is 7.19. The Bertz CT molecular complexity index is 1480. The maximum Gasteiger partial charge on any atom is 0.410 e. The van der Waals surface area contributed by atoms with Crippen molar-refractivity contribution in [1.82, 2.24) is 28.7 Å². The standard InChI is InChI=1S/C29H35FN6O2S/c1-18(2)24-25(33-36(39-30)26(24)23-15-19(3)27-31-17-32-35(27)16-23)22-9-7-20(8-10-22)21-11-13-34(14-12-21)28(37)38-29(4,5)6/h7-10,15-18,21H,11-14H2,1-6H3. The lowest BCUT2D eigenvalue weighted by atomic mass is 9.88. The number of aromatic nitrogens is 5. The molecule has 4 heterocycles. The van der Waals surface area contributed by atoms with Crippen LogP contribution in [0.1, 0.15) is 76.0 Å². The molecule has 0 N–H and O–H groups in total. The van der Waals surface area contributed by atoms with E-state index >= 15 is 0 Å². The van der Waals surface area contributed by atoms with Crippen molar-refractivity contribution >= 4 is 24.1 Å². The Kier molecular flexibility index (Phi) is 7.41. The van der Waals surface area contributed by atoms with Crippen LogP contribution >= 0.6 is 12.3 Å². The van der Waals surface area contributed by atoms with E-state index in [0.717, 1.165) is 52.1 Å². The molecule has 0 bridgehead atoms. The Labute approximate surface area is 233 Å². The van der Waals surface area contributed by atoms with Gasteiger partial charge in [-0.1, -0.05) is 38.1 Å². The van der Waals surface area contributed by atoms with Gasteiger partial charge in [0.2, 0.25) is 0 Å². The third-order valence-corrected chi connectivity index (χ3v) is 7.56. The number of halogens is 1. The monoisotopic (exact) mass is 550 g/mol. The second-order valence-corrected chi connectivity index (χ2v) is 12.0. The number of rotatable bonds is 5. The number of carbonyl (C=O) groups excluding carboxylic acids is 1. The molecule has 1 aliphatic heterocycles. The van der Waals surface area contributed by atoms with E-state index in [4.69, 9.17) is 9.84 Å². The maximum atomic E-state index is 14.2. The second-order valence-electron chi connectivity index (χ2n) is 11.5. The van der Waals surface area contributed by atoms with Gasteiger partial charge in [-0.25, -0.2) is 14.3 Å². The molecule has 39 heavy (non-hydrogen) atoms. The molecule has 1 saturated heterocycles. The van der Waals surface area contributed by atoms with Crippen molar-refractivity contribution < 1.29 is 13.4 Å². The number of ether oxygens (including phenoxy) is 1. The Hall–Kier alpha value is -3.40. The van der Waals surface area contributed by atoms with Crippen LogP contribution in [0.4, 0.5) is 8.68 Å². The van der Waals surface area contributed by atoms with E-state index in [-0.39, 0.29) is 24.3 Å². The third-order valence-electron chi connectivity index (χ3n) is 7.17. The first-order valence-corrected chi connectivity index (χ1v) is 14.0. The summed E-state index contributed by atoms with van der Waals surface area (Å²) in [6.07, 6.45) is 4.92. The Morgan fingerprint density at radius 1 is 1.13 bits per heavy atom. The lowest BCUT2D eigenvalue weighted by molar-refractivity contribution is 0.0205. The van der Waals surface area contributed by atoms with E-state index in [1.54, 1.807) is 9.42 Å². The number of likely N-dealkylation sites (tertiary alicyclic amines) is 1. The summed E-state index contributed by atoms with van der Waals surface area (Å²) in [7, 11) is 0. The molecular formula is C29H35FN6O2S. The zero-order valence-electron chi connectivity index (χ0n) is 23.3. The number of nitrogens with zero attached hydrogens (tertiary/aromatic N) is 6. The molecule has 8 nitrogen and oxygen atoms in total. The molecule has 0 aliphatic carbocycles. The minimum Gasteiger partial charge on any atom is -0.444 e. The van der Waals surface area contributed by atoms with Crippen molar-refractivity contribution in [1.29, 1.82) is 0 Å². The van der Waals surface area contributed by atoms with Crippen molar-refractivity contribution in [2.75, 3.05) is 13.1 Å². The van der Waals surface area contributed by atoms with E-state index in [1.807, 2.05) is 40.0 Å². The number of fused-ring (bicyclic) bond motifs is 1.